The number of rotatable bonds is 4. The van der Waals surface area contributed by atoms with Gasteiger partial charge in [0.15, 0.2) is 12.5 Å². The molecule has 0 amide bonds. The summed E-state index contributed by atoms with van der Waals surface area (Å²) in [6, 6.07) is 0. The summed E-state index contributed by atoms with van der Waals surface area (Å²) in [6.45, 7) is -1.25. The molecule has 0 aliphatic rings. The number of alkyl halides is 2. The third-order valence-electron chi connectivity index (χ3n) is 1.29. The number of Topliss-reactive ketones (excluding diaryl/α,β-unsaturated/α-hetero) is 2. The molecule has 0 aliphatic carbocycles. The van der Waals surface area contributed by atoms with Gasteiger partial charge in [-0.25, -0.2) is 13.6 Å². The molecule has 0 aliphatic heterocycles. The van der Waals surface area contributed by atoms with Crippen LogP contribution in [-0.2, 0) is 18.9 Å². The molecule has 12 heteroatoms. The molecule has 18 heavy (non-hydrogen) atoms. The minimum Gasteiger partial charge on any atom is -0.756 e. The second-order valence-electron chi connectivity index (χ2n) is 2.57. The minimum absolute atomic E-state index is 0. The Kier molecular flexibility index (Phi) is 10.6. The van der Waals surface area contributed by atoms with Gasteiger partial charge < -0.3 is 19.8 Å². The van der Waals surface area contributed by atoms with Gasteiger partial charge in [0.25, 0.3) is 7.82 Å². The molecule has 100 valence electrons. The quantitative estimate of drug-likeness (QED) is 0.265. The first-order valence-corrected chi connectivity index (χ1v) is 5.19. The second kappa shape index (κ2) is 8.47. The Balaban J connectivity index is -0.000000321. The maximum Gasteiger partial charge on any atom is 1.00 e. The van der Waals surface area contributed by atoms with Crippen molar-refractivity contribution in [2.45, 2.75) is 12.6 Å². The van der Waals surface area contributed by atoms with Gasteiger partial charge in [0.1, 0.15) is 0 Å². The average Bonchev–Trinajstić information content (AvgIpc) is 2.11. The zero-order valence-corrected chi connectivity index (χ0v) is 10.2. The fraction of sp³-hybridized carbons (Fsp3) is 0.500. The van der Waals surface area contributed by atoms with Crippen molar-refractivity contribution in [1.82, 2.24) is 0 Å². The van der Waals surface area contributed by atoms with Gasteiger partial charge in [0.2, 0.25) is 5.78 Å². The number of aliphatic carboxylic acids is 1. The maximum atomic E-state index is 12.9. The van der Waals surface area contributed by atoms with Crippen molar-refractivity contribution in [1.29, 1.82) is 0 Å². The SMILES string of the molecule is CC(=O)C(F)(C(=O)O)C(=O)CF.O=P([O-])(O)O.[Li+]. The maximum absolute atomic E-state index is 12.9. The van der Waals surface area contributed by atoms with Gasteiger partial charge >= 0.3 is 30.5 Å². The predicted molar refractivity (Wildman–Crippen MR) is 45.2 cm³/mol. The van der Waals surface area contributed by atoms with E-state index in [1.54, 1.807) is 0 Å². The van der Waals surface area contributed by atoms with Crippen LogP contribution in [0, 0.1) is 0 Å². The van der Waals surface area contributed by atoms with Crippen molar-refractivity contribution in [2.24, 2.45) is 0 Å². The summed E-state index contributed by atoms with van der Waals surface area (Å²) in [6.07, 6.45) is 0. The number of carbonyl (C=O) groups is 3. The van der Waals surface area contributed by atoms with Crippen LogP contribution in [0.4, 0.5) is 8.78 Å². The molecule has 0 radical (unpaired) electrons. The van der Waals surface area contributed by atoms with Crippen LogP contribution in [0.3, 0.4) is 0 Å². The monoisotopic (exact) mass is 284 g/mol. The van der Waals surface area contributed by atoms with E-state index in [2.05, 4.69) is 0 Å². The zero-order valence-electron chi connectivity index (χ0n) is 9.29. The van der Waals surface area contributed by atoms with Crippen LogP contribution in [0.15, 0.2) is 0 Å². The van der Waals surface area contributed by atoms with Gasteiger partial charge in [-0.1, -0.05) is 0 Å². The van der Waals surface area contributed by atoms with Crippen LogP contribution >= 0.6 is 7.82 Å². The summed E-state index contributed by atoms with van der Waals surface area (Å²) in [5.74, 6) is -5.70. The Morgan fingerprint density at radius 3 is 1.67 bits per heavy atom. The number of phosphoric acid groups is 1. The summed E-state index contributed by atoms with van der Waals surface area (Å²) in [4.78, 5) is 53.7. The molecule has 0 fully saturated rings. The molecule has 3 N–H and O–H groups in total. The molecule has 0 saturated carbocycles. The van der Waals surface area contributed by atoms with Crippen molar-refractivity contribution in [3.8, 4) is 0 Å². The molecule has 0 aromatic carbocycles. The van der Waals surface area contributed by atoms with E-state index in [-0.39, 0.29) is 18.9 Å². The molecule has 0 aromatic heterocycles. The van der Waals surface area contributed by atoms with E-state index in [1.807, 2.05) is 0 Å². The third-order valence-corrected chi connectivity index (χ3v) is 1.29. The molecule has 1 atom stereocenters. The summed E-state index contributed by atoms with van der Waals surface area (Å²) in [7, 11) is -4.89. The first kappa shape index (κ1) is 22.5. The van der Waals surface area contributed by atoms with E-state index in [1.165, 1.54) is 0 Å². The van der Waals surface area contributed by atoms with Crippen LogP contribution in [0.5, 0.6) is 0 Å². The molecule has 0 bridgehead atoms. The van der Waals surface area contributed by atoms with Crippen molar-refractivity contribution in [3.05, 3.63) is 0 Å². The Hall–Kier alpha value is -0.623. The Labute approximate surface area is 111 Å². The molecular weight excluding hydrogens is 276 g/mol. The number of hydrogen-bond acceptors (Lipinski definition) is 5. The van der Waals surface area contributed by atoms with E-state index < -0.39 is 37.7 Å². The van der Waals surface area contributed by atoms with E-state index >= 15 is 0 Å². The summed E-state index contributed by atoms with van der Waals surface area (Å²) < 4.78 is 33.3. The minimum atomic E-state index is -4.89. The normalized spacial score (nSPS) is 13.2. The van der Waals surface area contributed by atoms with E-state index in [0.29, 0.717) is 6.92 Å². The number of hydrogen-bond donors (Lipinski definition) is 3. The largest absolute Gasteiger partial charge is 1.00 e. The Bertz CT molecular complexity index is 344. The number of halogens is 2. The summed E-state index contributed by atoms with van der Waals surface area (Å²) in [5, 5.41) is 8.12. The predicted octanol–water partition coefficient (Wildman–Crippen LogP) is -4.65. The van der Waals surface area contributed by atoms with Crippen LogP contribution in [0.1, 0.15) is 6.92 Å². The smallest absolute Gasteiger partial charge is 0.756 e. The van der Waals surface area contributed by atoms with Gasteiger partial charge in [-0.05, 0) is 6.92 Å². The first-order chi connectivity index (χ1) is 7.37. The van der Waals surface area contributed by atoms with E-state index in [4.69, 9.17) is 24.4 Å². The van der Waals surface area contributed by atoms with Crippen LogP contribution in [0.25, 0.3) is 0 Å². The fourth-order valence-corrected chi connectivity index (χ4v) is 0.558. The molecule has 0 spiro atoms. The Morgan fingerprint density at radius 1 is 1.33 bits per heavy atom. The number of carboxylic acid groups (broad SMARTS) is 1. The van der Waals surface area contributed by atoms with E-state index in [0.717, 1.165) is 0 Å². The number of carbonyl (C=O) groups excluding carboxylic acids is 2. The van der Waals surface area contributed by atoms with Crippen molar-refractivity contribution >= 4 is 25.4 Å². The Morgan fingerprint density at radius 2 is 1.61 bits per heavy atom. The molecule has 8 nitrogen and oxygen atoms in total. The topological polar surface area (TPSA) is 152 Å². The standard InChI is InChI=1S/C6H6F2O4.Li.H3O4P/c1-3(9)6(8,5(11)12)4(10)2-7;;1-5(2,3)4/h2H2,1H3,(H,11,12);;(H3,1,2,3,4)/q;+1;/p-1. The van der Waals surface area contributed by atoms with Gasteiger partial charge in [0.05, 0.1) is 0 Å². The van der Waals surface area contributed by atoms with Crippen molar-refractivity contribution in [2.75, 3.05) is 6.67 Å². The van der Waals surface area contributed by atoms with E-state index in [9.17, 15) is 23.2 Å². The van der Waals surface area contributed by atoms with Crippen molar-refractivity contribution in [3.63, 3.8) is 0 Å². The molecule has 1 unspecified atom stereocenters. The molecular formula is C6H8F2LiO8P. The van der Waals surface area contributed by atoms with Crippen LogP contribution in [0.2, 0.25) is 0 Å². The van der Waals surface area contributed by atoms with Crippen LogP contribution < -0.4 is 23.8 Å². The summed E-state index contributed by atoms with van der Waals surface area (Å²) in [5.41, 5.74) is -3.73. The van der Waals surface area contributed by atoms with Crippen LogP contribution in [-0.4, -0.2) is 44.8 Å². The molecule has 0 heterocycles. The molecule has 0 rings (SSSR count). The third kappa shape index (κ3) is 8.47. The summed E-state index contributed by atoms with van der Waals surface area (Å²) >= 11 is 0. The van der Waals surface area contributed by atoms with Gasteiger partial charge in [-0.3, -0.25) is 14.2 Å². The van der Waals surface area contributed by atoms with Gasteiger partial charge in [-0.15, -0.1) is 0 Å². The van der Waals surface area contributed by atoms with Gasteiger partial charge in [-0.2, -0.15) is 0 Å². The first-order valence-electron chi connectivity index (χ1n) is 3.66. The molecule has 0 aromatic rings. The second-order valence-corrected chi connectivity index (χ2v) is 3.55. The number of ketones is 2. The van der Waals surface area contributed by atoms with Gasteiger partial charge in [0, 0.05) is 0 Å². The van der Waals surface area contributed by atoms with Crippen molar-refractivity contribution < 1.29 is 66.4 Å². The zero-order chi connectivity index (χ0) is 14.4. The molecule has 0 saturated heterocycles. The fourth-order valence-electron chi connectivity index (χ4n) is 0.558. The number of carboxylic acids is 1. The average molecular weight is 284 g/mol.